The number of thioether (sulfide) groups is 1. The Morgan fingerprint density at radius 3 is 2.51 bits per heavy atom. The Morgan fingerprint density at radius 1 is 1.14 bits per heavy atom. The van der Waals surface area contributed by atoms with Crippen LogP contribution in [0.2, 0.25) is 5.15 Å². The molecule has 0 bridgehead atoms. The fraction of sp³-hybridized carbons (Fsp3) is 0.556. The Labute approximate surface area is 230 Å². The average Bonchev–Trinajstić information content (AvgIpc) is 2.84. The molecule has 202 valence electrons. The van der Waals surface area contributed by atoms with Crippen molar-refractivity contribution in [3.05, 3.63) is 47.1 Å². The molecule has 0 N–H and O–H groups in total. The number of anilines is 1. The van der Waals surface area contributed by atoms with Gasteiger partial charge in [0, 0.05) is 57.8 Å². The summed E-state index contributed by atoms with van der Waals surface area (Å²) < 4.78 is 0. The molecular weight excluding hydrogens is 508 g/mol. The van der Waals surface area contributed by atoms with Gasteiger partial charge in [-0.05, 0) is 32.5 Å². The number of carbonyl (C=O) groups is 2. The van der Waals surface area contributed by atoms with Gasteiger partial charge in [-0.3, -0.25) is 9.59 Å². The van der Waals surface area contributed by atoms with Crippen molar-refractivity contribution in [1.82, 2.24) is 24.7 Å². The van der Waals surface area contributed by atoms with Crippen LogP contribution in [-0.2, 0) is 16.1 Å². The molecule has 0 saturated carbocycles. The molecule has 1 fully saturated rings. The second-order valence-corrected chi connectivity index (χ2v) is 11.5. The third kappa shape index (κ3) is 9.16. The number of amides is 2. The number of carbonyl (C=O) groups excluding carboxylic acids is 2. The van der Waals surface area contributed by atoms with E-state index in [1.54, 1.807) is 6.07 Å². The monoisotopic (exact) mass is 546 g/mol. The summed E-state index contributed by atoms with van der Waals surface area (Å²) in [5.41, 5.74) is 1.10. The molecule has 1 aromatic heterocycles. The Balaban J connectivity index is 1.63. The van der Waals surface area contributed by atoms with Crippen LogP contribution in [0.15, 0.2) is 41.6 Å². The number of hydrogen-bond donors (Lipinski definition) is 0. The van der Waals surface area contributed by atoms with Crippen molar-refractivity contribution in [2.24, 2.45) is 5.92 Å². The van der Waals surface area contributed by atoms with E-state index in [0.29, 0.717) is 55.4 Å². The molecule has 0 radical (unpaired) electrons. The van der Waals surface area contributed by atoms with Crippen molar-refractivity contribution in [1.29, 1.82) is 0 Å². The third-order valence-electron chi connectivity index (χ3n) is 6.23. The zero-order chi connectivity index (χ0) is 26.9. The normalized spacial score (nSPS) is 15.9. The smallest absolute Gasteiger partial charge is 0.233 e. The molecule has 2 aromatic rings. The van der Waals surface area contributed by atoms with Gasteiger partial charge < -0.3 is 19.6 Å². The lowest BCUT2D eigenvalue weighted by Gasteiger charge is -2.40. The standard InChI is InChI=1S/C27H39ClN6O2S/c1-20(2)15-25(35)34-14-13-32(17-21(34)3)24-16-23(28)29-27(30-24)37-19-26(36)33(12-11-31(4)5)18-22-9-7-6-8-10-22/h6-10,16,20-21H,11-15,17-19H2,1-5H3. The maximum absolute atomic E-state index is 13.2. The highest BCUT2D eigenvalue weighted by atomic mass is 35.5. The predicted octanol–water partition coefficient (Wildman–Crippen LogP) is 3.90. The summed E-state index contributed by atoms with van der Waals surface area (Å²) in [6, 6.07) is 11.9. The SMILES string of the molecule is CC(C)CC(=O)N1CCN(c2cc(Cl)nc(SCC(=O)N(CCN(C)C)Cc3ccccc3)n2)CC1C. The Bertz CT molecular complexity index is 1040. The summed E-state index contributed by atoms with van der Waals surface area (Å²) in [5.74, 6) is 1.53. The summed E-state index contributed by atoms with van der Waals surface area (Å²) in [6.45, 7) is 10.2. The van der Waals surface area contributed by atoms with E-state index in [1.165, 1.54) is 11.8 Å². The highest BCUT2D eigenvalue weighted by Crippen LogP contribution is 2.25. The third-order valence-corrected chi connectivity index (χ3v) is 7.25. The van der Waals surface area contributed by atoms with E-state index >= 15 is 0 Å². The van der Waals surface area contributed by atoms with Crippen LogP contribution in [0.1, 0.15) is 32.8 Å². The molecule has 3 rings (SSSR count). The van der Waals surface area contributed by atoms with Crippen molar-refractivity contribution >= 4 is 41.0 Å². The van der Waals surface area contributed by atoms with Gasteiger partial charge in [0.15, 0.2) is 5.16 Å². The molecule has 1 unspecified atom stereocenters. The van der Waals surface area contributed by atoms with Gasteiger partial charge in [-0.25, -0.2) is 9.97 Å². The van der Waals surface area contributed by atoms with Crippen LogP contribution in [0.4, 0.5) is 5.82 Å². The molecule has 10 heteroatoms. The molecule has 0 spiro atoms. The van der Waals surface area contributed by atoms with Crippen molar-refractivity contribution < 1.29 is 9.59 Å². The summed E-state index contributed by atoms with van der Waals surface area (Å²) in [7, 11) is 4.00. The van der Waals surface area contributed by atoms with E-state index in [0.717, 1.165) is 17.9 Å². The van der Waals surface area contributed by atoms with E-state index in [-0.39, 0.29) is 23.6 Å². The van der Waals surface area contributed by atoms with E-state index in [9.17, 15) is 9.59 Å². The number of piperazine rings is 1. The highest BCUT2D eigenvalue weighted by molar-refractivity contribution is 7.99. The summed E-state index contributed by atoms with van der Waals surface area (Å²) in [4.78, 5) is 42.9. The van der Waals surface area contributed by atoms with Gasteiger partial charge >= 0.3 is 0 Å². The zero-order valence-electron chi connectivity index (χ0n) is 22.6. The molecule has 1 saturated heterocycles. The molecule has 2 heterocycles. The molecule has 0 aliphatic carbocycles. The number of hydrogen-bond acceptors (Lipinski definition) is 7. The van der Waals surface area contributed by atoms with Crippen LogP contribution in [0, 0.1) is 5.92 Å². The molecule has 1 aliphatic heterocycles. The summed E-state index contributed by atoms with van der Waals surface area (Å²) in [6.07, 6.45) is 0.564. The van der Waals surface area contributed by atoms with Gasteiger partial charge in [0.2, 0.25) is 11.8 Å². The second kappa shape index (κ2) is 14.0. The minimum atomic E-state index is 0.0340. The quantitative estimate of drug-likeness (QED) is 0.240. The van der Waals surface area contributed by atoms with Gasteiger partial charge in [-0.2, -0.15) is 0 Å². The first-order valence-corrected chi connectivity index (χ1v) is 14.2. The van der Waals surface area contributed by atoms with Crippen molar-refractivity contribution in [3.8, 4) is 0 Å². The van der Waals surface area contributed by atoms with Crippen molar-refractivity contribution in [3.63, 3.8) is 0 Å². The van der Waals surface area contributed by atoms with Crippen LogP contribution in [0.3, 0.4) is 0 Å². The molecule has 2 amide bonds. The largest absolute Gasteiger partial charge is 0.353 e. The minimum Gasteiger partial charge on any atom is -0.353 e. The number of aromatic nitrogens is 2. The predicted molar refractivity (Wildman–Crippen MR) is 151 cm³/mol. The van der Waals surface area contributed by atoms with Gasteiger partial charge in [-0.1, -0.05) is 67.5 Å². The Kier molecular flexibility index (Phi) is 11.0. The molecule has 37 heavy (non-hydrogen) atoms. The van der Waals surface area contributed by atoms with Gasteiger partial charge in [0.05, 0.1) is 5.75 Å². The van der Waals surface area contributed by atoms with E-state index < -0.39 is 0 Å². The first-order valence-electron chi connectivity index (χ1n) is 12.8. The van der Waals surface area contributed by atoms with Crippen LogP contribution in [-0.4, -0.2) is 95.1 Å². The summed E-state index contributed by atoms with van der Waals surface area (Å²) in [5, 5.41) is 0.828. The molecule has 1 aromatic carbocycles. The molecular formula is C27H39ClN6O2S. The maximum Gasteiger partial charge on any atom is 0.233 e. The van der Waals surface area contributed by atoms with Gasteiger partial charge in [-0.15, -0.1) is 0 Å². The first-order chi connectivity index (χ1) is 17.6. The van der Waals surface area contributed by atoms with E-state index in [1.807, 2.05) is 54.2 Å². The number of rotatable bonds is 11. The van der Waals surface area contributed by atoms with Gasteiger partial charge in [0.1, 0.15) is 11.0 Å². The van der Waals surface area contributed by atoms with E-state index in [4.69, 9.17) is 16.6 Å². The molecule has 1 atom stereocenters. The lowest BCUT2D eigenvalue weighted by molar-refractivity contribution is -0.134. The lowest BCUT2D eigenvalue weighted by Crippen LogP contribution is -2.54. The summed E-state index contributed by atoms with van der Waals surface area (Å²) >= 11 is 7.66. The van der Waals surface area contributed by atoms with Crippen LogP contribution < -0.4 is 4.90 Å². The highest BCUT2D eigenvalue weighted by Gasteiger charge is 2.28. The first kappa shape index (κ1) is 29.2. The molecule has 1 aliphatic rings. The topological polar surface area (TPSA) is 72.9 Å². The van der Waals surface area contributed by atoms with Crippen molar-refractivity contribution in [2.75, 3.05) is 57.5 Å². The number of likely N-dealkylation sites (N-methyl/N-ethyl adjacent to an activating group) is 1. The van der Waals surface area contributed by atoms with Crippen molar-refractivity contribution in [2.45, 2.75) is 44.9 Å². The van der Waals surface area contributed by atoms with Gasteiger partial charge in [0.25, 0.3) is 0 Å². The molecule has 8 nitrogen and oxygen atoms in total. The lowest BCUT2D eigenvalue weighted by atomic mass is 10.1. The second-order valence-electron chi connectivity index (χ2n) is 10.2. The number of benzene rings is 1. The van der Waals surface area contributed by atoms with Crippen LogP contribution >= 0.6 is 23.4 Å². The van der Waals surface area contributed by atoms with Crippen LogP contribution in [0.5, 0.6) is 0 Å². The Hall–Kier alpha value is -2.36. The maximum atomic E-state index is 13.2. The fourth-order valence-corrected chi connectivity index (χ4v) is 5.23. The van der Waals surface area contributed by atoms with Crippen LogP contribution in [0.25, 0.3) is 0 Å². The zero-order valence-corrected chi connectivity index (χ0v) is 24.1. The number of halogens is 1. The van der Waals surface area contributed by atoms with E-state index in [2.05, 4.69) is 35.6 Å². The average molecular weight is 547 g/mol. The minimum absolute atomic E-state index is 0.0340. The number of nitrogens with zero attached hydrogens (tertiary/aromatic N) is 6. The fourth-order valence-electron chi connectivity index (χ4n) is 4.25. The Morgan fingerprint density at radius 2 is 1.86 bits per heavy atom.